The lowest BCUT2D eigenvalue weighted by Crippen LogP contribution is -2.27. The Hall–Kier alpha value is -2.30. The van der Waals surface area contributed by atoms with Crippen LogP contribution in [-0.4, -0.2) is 37.7 Å². The van der Waals surface area contributed by atoms with Gasteiger partial charge in [-0.1, -0.05) is 0 Å². The van der Waals surface area contributed by atoms with Gasteiger partial charge in [-0.3, -0.25) is 9.59 Å². The summed E-state index contributed by atoms with van der Waals surface area (Å²) < 4.78 is 81.0. The molecule has 0 radical (unpaired) electrons. The molecular formula is C17H18F6N2O3. The third kappa shape index (κ3) is 7.02. The number of alkyl halides is 6. The van der Waals surface area contributed by atoms with E-state index in [1.165, 1.54) is 0 Å². The van der Waals surface area contributed by atoms with Gasteiger partial charge >= 0.3 is 12.4 Å². The van der Waals surface area contributed by atoms with Gasteiger partial charge in [0.2, 0.25) is 5.91 Å². The first-order valence-electron chi connectivity index (χ1n) is 8.39. The Morgan fingerprint density at radius 2 is 1.82 bits per heavy atom. The van der Waals surface area contributed by atoms with Crippen molar-refractivity contribution in [1.82, 2.24) is 5.32 Å². The van der Waals surface area contributed by atoms with Crippen molar-refractivity contribution in [3.8, 4) is 0 Å². The largest absolute Gasteiger partial charge is 0.416 e. The van der Waals surface area contributed by atoms with Gasteiger partial charge in [0.15, 0.2) is 0 Å². The van der Waals surface area contributed by atoms with E-state index in [9.17, 15) is 35.9 Å². The van der Waals surface area contributed by atoms with Crippen LogP contribution < -0.4 is 10.6 Å². The van der Waals surface area contributed by atoms with E-state index in [2.05, 4.69) is 5.32 Å². The zero-order valence-electron chi connectivity index (χ0n) is 14.5. The van der Waals surface area contributed by atoms with E-state index >= 15 is 0 Å². The Bertz CT molecular complexity index is 712. The molecule has 1 unspecified atom stereocenters. The van der Waals surface area contributed by atoms with Crippen molar-refractivity contribution in [3.05, 3.63) is 29.3 Å². The molecule has 2 rings (SSSR count). The van der Waals surface area contributed by atoms with Crippen LogP contribution in [0.5, 0.6) is 0 Å². The van der Waals surface area contributed by atoms with Gasteiger partial charge in [0.25, 0.3) is 5.91 Å². The lowest BCUT2D eigenvalue weighted by atomic mass is 10.0. The van der Waals surface area contributed by atoms with E-state index in [0.29, 0.717) is 31.8 Å². The molecule has 11 heteroatoms. The summed E-state index contributed by atoms with van der Waals surface area (Å²) in [6, 6.07) is 1.95. The number of rotatable bonds is 6. The van der Waals surface area contributed by atoms with Crippen molar-refractivity contribution < 1.29 is 40.7 Å². The molecule has 156 valence electrons. The number of hydrogen-bond acceptors (Lipinski definition) is 3. The molecule has 2 amide bonds. The van der Waals surface area contributed by atoms with Crippen LogP contribution in [-0.2, 0) is 15.7 Å². The smallest absolute Gasteiger partial charge is 0.381 e. The van der Waals surface area contributed by atoms with Crippen LogP contribution in [0.1, 0.15) is 35.2 Å². The molecule has 0 aliphatic carbocycles. The fourth-order valence-corrected chi connectivity index (χ4v) is 2.68. The van der Waals surface area contributed by atoms with Gasteiger partial charge in [0.05, 0.1) is 5.56 Å². The number of carbonyl (C=O) groups is 2. The number of hydrogen-bond donors (Lipinski definition) is 2. The first-order valence-corrected chi connectivity index (χ1v) is 8.39. The molecule has 2 N–H and O–H groups in total. The Morgan fingerprint density at radius 1 is 1.11 bits per heavy atom. The highest BCUT2D eigenvalue weighted by atomic mass is 19.4. The summed E-state index contributed by atoms with van der Waals surface area (Å²) in [4.78, 5) is 23.5. The van der Waals surface area contributed by atoms with Crippen LogP contribution in [0.2, 0.25) is 0 Å². The molecule has 28 heavy (non-hydrogen) atoms. The van der Waals surface area contributed by atoms with Gasteiger partial charge in [-0.05, 0) is 37.0 Å². The minimum absolute atomic E-state index is 0.207. The van der Waals surface area contributed by atoms with Crippen molar-refractivity contribution in [2.24, 2.45) is 5.92 Å². The topological polar surface area (TPSA) is 67.4 Å². The van der Waals surface area contributed by atoms with Gasteiger partial charge in [0.1, 0.15) is 6.42 Å². The zero-order valence-corrected chi connectivity index (χ0v) is 14.5. The van der Waals surface area contributed by atoms with Crippen LogP contribution >= 0.6 is 0 Å². The Balaban J connectivity index is 2.10. The lowest BCUT2D eigenvalue weighted by Gasteiger charge is -2.14. The molecule has 1 atom stereocenters. The van der Waals surface area contributed by atoms with Crippen molar-refractivity contribution >= 4 is 17.5 Å². The van der Waals surface area contributed by atoms with Crippen LogP contribution in [0.25, 0.3) is 0 Å². The molecule has 1 saturated heterocycles. The first kappa shape index (κ1) is 22.0. The average Bonchev–Trinajstić information content (AvgIpc) is 3.05. The second-order valence-corrected chi connectivity index (χ2v) is 6.41. The summed E-state index contributed by atoms with van der Waals surface area (Å²) in [5.74, 6) is -2.10. The molecule has 1 aromatic carbocycles. The summed E-state index contributed by atoms with van der Waals surface area (Å²) in [5.41, 5.74) is -2.22. The molecule has 1 aliphatic heterocycles. The van der Waals surface area contributed by atoms with Gasteiger partial charge in [-0.15, -0.1) is 0 Å². The predicted octanol–water partition coefficient (Wildman–Crippen LogP) is 3.75. The van der Waals surface area contributed by atoms with E-state index in [1.54, 1.807) is 5.32 Å². The molecule has 1 heterocycles. The van der Waals surface area contributed by atoms with Gasteiger partial charge in [-0.2, -0.15) is 26.3 Å². The van der Waals surface area contributed by atoms with Gasteiger partial charge in [-0.25, -0.2) is 0 Å². The molecule has 1 fully saturated rings. The molecule has 1 aromatic rings. The van der Waals surface area contributed by atoms with Crippen molar-refractivity contribution in [3.63, 3.8) is 0 Å². The Labute approximate surface area is 156 Å². The highest BCUT2D eigenvalue weighted by Gasteiger charge is 2.33. The second kappa shape index (κ2) is 8.80. The van der Waals surface area contributed by atoms with Crippen LogP contribution in [0, 0.1) is 5.92 Å². The number of ether oxygens (including phenoxy) is 1. The minimum atomic E-state index is -4.85. The summed E-state index contributed by atoms with van der Waals surface area (Å²) in [5, 5.41) is 4.22. The fraction of sp³-hybridized carbons (Fsp3) is 0.529. The molecule has 0 spiro atoms. The van der Waals surface area contributed by atoms with Crippen LogP contribution in [0.15, 0.2) is 18.2 Å². The number of anilines is 1. The van der Waals surface area contributed by atoms with Crippen molar-refractivity contribution in [2.75, 3.05) is 25.1 Å². The molecular weight excluding hydrogens is 394 g/mol. The third-order valence-corrected chi connectivity index (χ3v) is 4.03. The average molecular weight is 412 g/mol. The van der Waals surface area contributed by atoms with E-state index in [0.717, 1.165) is 12.5 Å². The van der Waals surface area contributed by atoms with Crippen LogP contribution in [0.3, 0.4) is 0 Å². The summed E-state index contributed by atoms with van der Waals surface area (Å²) in [6.07, 6.45) is -10.1. The standard InChI is InChI=1S/C17H18F6N2O3/c18-16(19,20)8-14(26)25-13-6-11(5-12(7-13)17(21,22)23)15(27)24-3-1-10-2-4-28-9-10/h5-7,10H,1-4,8-9H2,(H,24,27)(H,25,26). The van der Waals surface area contributed by atoms with Gasteiger partial charge < -0.3 is 15.4 Å². The monoisotopic (exact) mass is 412 g/mol. The Kier molecular flexibility index (Phi) is 6.91. The lowest BCUT2D eigenvalue weighted by molar-refractivity contribution is -0.150. The van der Waals surface area contributed by atoms with Crippen molar-refractivity contribution in [1.29, 1.82) is 0 Å². The normalized spacial score (nSPS) is 17.4. The number of benzene rings is 1. The predicted molar refractivity (Wildman–Crippen MR) is 86.6 cm³/mol. The SMILES string of the molecule is O=C(CC(F)(F)F)Nc1cc(C(=O)NCCC2CCOC2)cc(C(F)(F)F)c1. The molecule has 0 bridgehead atoms. The molecule has 1 aliphatic rings. The number of halogens is 6. The van der Waals surface area contributed by atoms with Crippen molar-refractivity contribution in [2.45, 2.75) is 31.6 Å². The minimum Gasteiger partial charge on any atom is -0.381 e. The first-order chi connectivity index (χ1) is 12.9. The maximum Gasteiger partial charge on any atom is 0.416 e. The van der Waals surface area contributed by atoms with E-state index in [4.69, 9.17) is 4.74 Å². The highest BCUT2D eigenvalue weighted by Crippen LogP contribution is 2.32. The highest BCUT2D eigenvalue weighted by molar-refractivity contribution is 5.97. The molecule has 0 aromatic heterocycles. The maximum atomic E-state index is 13.0. The zero-order chi connectivity index (χ0) is 20.9. The number of carbonyl (C=O) groups excluding carboxylic acids is 2. The third-order valence-electron chi connectivity index (χ3n) is 4.03. The van der Waals surface area contributed by atoms with Crippen LogP contribution in [0.4, 0.5) is 32.0 Å². The van der Waals surface area contributed by atoms with E-state index in [1.807, 2.05) is 0 Å². The van der Waals surface area contributed by atoms with E-state index < -0.39 is 47.4 Å². The summed E-state index contributed by atoms with van der Waals surface area (Å²) in [6.45, 7) is 1.38. The summed E-state index contributed by atoms with van der Waals surface area (Å²) >= 11 is 0. The number of amides is 2. The quantitative estimate of drug-likeness (QED) is 0.700. The molecule has 0 saturated carbocycles. The fourth-order valence-electron chi connectivity index (χ4n) is 2.68. The maximum absolute atomic E-state index is 13.0. The van der Waals surface area contributed by atoms with E-state index in [-0.39, 0.29) is 12.5 Å². The Morgan fingerprint density at radius 3 is 2.39 bits per heavy atom. The summed E-state index contributed by atoms with van der Waals surface area (Å²) in [7, 11) is 0. The number of nitrogens with one attached hydrogen (secondary N) is 2. The molecule has 5 nitrogen and oxygen atoms in total. The second-order valence-electron chi connectivity index (χ2n) is 6.41. The van der Waals surface area contributed by atoms with Gasteiger partial charge in [0, 0.05) is 31.0 Å².